The highest BCUT2D eigenvalue weighted by molar-refractivity contribution is 5.91. The summed E-state index contributed by atoms with van der Waals surface area (Å²) >= 11 is 0. The van der Waals surface area contributed by atoms with Crippen LogP contribution in [0, 0.1) is 11.8 Å². The van der Waals surface area contributed by atoms with E-state index >= 15 is 0 Å². The molecule has 0 radical (unpaired) electrons. The van der Waals surface area contributed by atoms with Crippen molar-refractivity contribution in [1.29, 1.82) is 0 Å². The lowest BCUT2D eigenvalue weighted by atomic mass is 10.1. The van der Waals surface area contributed by atoms with Crippen molar-refractivity contribution in [1.82, 2.24) is 5.32 Å². The molecule has 0 saturated heterocycles. The molecule has 0 aliphatic heterocycles. The second kappa shape index (κ2) is 6.27. The Morgan fingerprint density at radius 1 is 1.55 bits per heavy atom. The molecule has 1 amide bonds. The molecule has 0 spiro atoms. The summed E-state index contributed by atoms with van der Waals surface area (Å²) in [5.41, 5.74) is 0. The summed E-state index contributed by atoms with van der Waals surface area (Å²) in [6.45, 7) is 6.07. The molecule has 2 rings (SSSR count). The maximum atomic E-state index is 11.7. The van der Waals surface area contributed by atoms with Crippen LogP contribution in [-0.4, -0.2) is 23.7 Å². The van der Waals surface area contributed by atoms with Crippen molar-refractivity contribution >= 4 is 12.0 Å². The minimum Gasteiger partial charge on any atom is -0.461 e. The third-order valence-electron chi connectivity index (χ3n) is 3.85. The van der Waals surface area contributed by atoms with Gasteiger partial charge in [0.25, 0.3) is 0 Å². The number of aliphatic hydroxyl groups excluding tert-OH is 1. The van der Waals surface area contributed by atoms with Gasteiger partial charge in [0, 0.05) is 12.0 Å². The molecule has 0 aromatic carbocycles. The van der Waals surface area contributed by atoms with E-state index in [0.717, 1.165) is 5.76 Å². The lowest BCUT2D eigenvalue weighted by Gasteiger charge is -2.18. The Labute approximate surface area is 119 Å². The second-order valence-corrected chi connectivity index (χ2v) is 5.93. The average molecular weight is 277 g/mol. The van der Waals surface area contributed by atoms with Crippen molar-refractivity contribution in [2.24, 2.45) is 11.8 Å². The van der Waals surface area contributed by atoms with E-state index in [2.05, 4.69) is 12.2 Å². The summed E-state index contributed by atoms with van der Waals surface area (Å²) in [5, 5.41) is 11.9. The van der Waals surface area contributed by atoms with Crippen LogP contribution in [0.5, 0.6) is 0 Å². The zero-order chi connectivity index (χ0) is 14.7. The van der Waals surface area contributed by atoms with Gasteiger partial charge >= 0.3 is 0 Å². The average Bonchev–Trinajstić information content (AvgIpc) is 2.96. The van der Waals surface area contributed by atoms with Crippen LogP contribution in [0.15, 0.2) is 22.6 Å². The fraction of sp³-hybridized carbons (Fsp3) is 0.562. The summed E-state index contributed by atoms with van der Waals surface area (Å²) in [4.78, 5) is 11.7. The van der Waals surface area contributed by atoms with Gasteiger partial charge in [0.05, 0.1) is 12.6 Å². The Hall–Kier alpha value is -1.55. The lowest BCUT2D eigenvalue weighted by molar-refractivity contribution is -0.117. The van der Waals surface area contributed by atoms with Crippen molar-refractivity contribution in [3.05, 3.63) is 29.7 Å². The lowest BCUT2D eigenvalue weighted by Crippen LogP contribution is -2.40. The molecule has 2 N–H and O–H groups in total. The Morgan fingerprint density at radius 3 is 2.80 bits per heavy atom. The maximum absolute atomic E-state index is 11.7. The maximum Gasteiger partial charge on any atom is 0.244 e. The van der Waals surface area contributed by atoms with Crippen molar-refractivity contribution in [3.63, 3.8) is 0 Å². The van der Waals surface area contributed by atoms with Crippen molar-refractivity contribution in [2.45, 2.75) is 39.2 Å². The van der Waals surface area contributed by atoms with Crippen LogP contribution >= 0.6 is 0 Å². The van der Waals surface area contributed by atoms with Crippen molar-refractivity contribution < 1.29 is 14.3 Å². The van der Waals surface area contributed by atoms with E-state index in [1.54, 1.807) is 6.08 Å². The van der Waals surface area contributed by atoms with E-state index in [4.69, 9.17) is 9.52 Å². The Balaban J connectivity index is 1.88. The van der Waals surface area contributed by atoms with Gasteiger partial charge in [-0.2, -0.15) is 0 Å². The van der Waals surface area contributed by atoms with Gasteiger partial charge in [-0.05, 0) is 36.5 Å². The number of furan rings is 1. The summed E-state index contributed by atoms with van der Waals surface area (Å²) in [7, 11) is 0. The predicted octanol–water partition coefficient (Wildman–Crippen LogP) is 2.55. The fourth-order valence-corrected chi connectivity index (χ4v) is 2.19. The molecule has 2 unspecified atom stereocenters. The van der Waals surface area contributed by atoms with Gasteiger partial charge in [-0.25, -0.2) is 0 Å². The largest absolute Gasteiger partial charge is 0.461 e. The Morgan fingerprint density at radius 2 is 2.25 bits per heavy atom. The van der Waals surface area contributed by atoms with Gasteiger partial charge in [0.15, 0.2) is 0 Å². The molecule has 1 aromatic rings. The van der Waals surface area contributed by atoms with Crippen LogP contribution in [0.3, 0.4) is 0 Å². The van der Waals surface area contributed by atoms with Gasteiger partial charge < -0.3 is 14.8 Å². The predicted molar refractivity (Wildman–Crippen MR) is 78.1 cm³/mol. The highest BCUT2D eigenvalue weighted by Gasteiger charge is 2.36. The minimum absolute atomic E-state index is 0.0539. The van der Waals surface area contributed by atoms with Crippen LogP contribution in [0.4, 0.5) is 0 Å². The molecule has 20 heavy (non-hydrogen) atoms. The molecule has 1 aliphatic carbocycles. The zero-order valence-corrected chi connectivity index (χ0v) is 12.3. The third kappa shape index (κ3) is 3.73. The first-order valence-electron chi connectivity index (χ1n) is 7.20. The van der Waals surface area contributed by atoms with Crippen LogP contribution in [0.2, 0.25) is 0 Å². The van der Waals surface area contributed by atoms with Crippen LogP contribution in [-0.2, 0) is 4.79 Å². The topological polar surface area (TPSA) is 62.5 Å². The minimum atomic E-state index is -0.216. The van der Waals surface area contributed by atoms with E-state index in [-0.39, 0.29) is 24.5 Å². The molecule has 3 atom stereocenters. The van der Waals surface area contributed by atoms with Crippen LogP contribution in [0.1, 0.15) is 44.6 Å². The summed E-state index contributed by atoms with van der Waals surface area (Å²) in [5.74, 6) is 2.94. The monoisotopic (exact) mass is 277 g/mol. The van der Waals surface area contributed by atoms with Gasteiger partial charge in [-0.3, -0.25) is 4.79 Å². The molecule has 1 fully saturated rings. The number of rotatable bonds is 6. The number of carbonyl (C=O) groups excluding carboxylic acids is 1. The SMILES string of the molecule is CC1CC1c1ccc(C=CC(=O)N[C@H](CO)C(C)C)o1. The molecule has 110 valence electrons. The number of amides is 1. The molecule has 1 saturated carbocycles. The van der Waals surface area contributed by atoms with E-state index < -0.39 is 0 Å². The van der Waals surface area contributed by atoms with E-state index in [1.807, 2.05) is 26.0 Å². The van der Waals surface area contributed by atoms with Gasteiger partial charge in [-0.1, -0.05) is 20.8 Å². The highest BCUT2D eigenvalue weighted by Crippen LogP contribution is 2.47. The van der Waals surface area contributed by atoms with E-state index in [9.17, 15) is 4.79 Å². The zero-order valence-electron chi connectivity index (χ0n) is 12.3. The number of hydrogen-bond donors (Lipinski definition) is 2. The first kappa shape index (κ1) is 14.9. The highest BCUT2D eigenvalue weighted by atomic mass is 16.3. The molecular weight excluding hydrogens is 254 g/mol. The van der Waals surface area contributed by atoms with Gasteiger partial charge in [0.1, 0.15) is 11.5 Å². The van der Waals surface area contributed by atoms with Gasteiger partial charge in [0.2, 0.25) is 5.91 Å². The first-order valence-corrected chi connectivity index (χ1v) is 7.20. The molecule has 0 bridgehead atoms. The number of nitrogens with one attached hydrogen (secondary N) is 1. The summed E-state index contributed by atoms with van der Waals surface area (Å²) < 4.78 is 5.69. The van der Waals surface area contributed by atoms with Crippen LogP contribution < -0.4 is 5.32 Å². The number of carbonyl (C=O) groups is 1. The Kier molecular flexibility index (Phi) is 4.65. The number of hydrogen-bond acceptors (Lipinski definition) is 3. The van der Waals surface area contributed by atoms with Gasteiger partial charge in [-0.15, -0.1) is 0 Å². The molecular formula is C16H23NO3. The quantitative estimate of drug-likeness (QED) is 0.785. The molecule has 1 aliphatic rings. The fourth-order valence-electron chi connectivity index (χ4n) is 2.19. The summed E-state index contributed by atoms with van der Waals surface area (Å²) in [6, 6.07) is 3.65. The molecule has 1 aromatic heterocycles. The second-order valence-electron chi connectivity index (χ2n) is 5.93. The van der Waals surface area contributed by atoms with E-state index in [0.29, 0.717) is 17.6 Å². The third-order valence-corrected chi connectivity index (χ3v) is 3.85. The Bertz CT molecular complexity index is 490. The smallest absolute Gasteiger partial charge is 0.244 e. The van der Waals surface area contributed by atoms with Crippen LogP contribution in [0.25, 0.3) is 6.08 Å². The normalized spacial score (nSPS) is 23.2. The van der Waals surface area contributed by atoms with Crippen molar-refractivity contribution in [3.8, 4) is 0 Å². The van der Waals surface area contributed by atoms with E-state index in [1.165, 1.54) is 12.5 Å². The molecule has 1 heterocycles. The number of aliphatic hydroxyl groups is 1. The van der Waals surface area contributed by atoms with Crippen molar-refractivity contribution in [2.75, 3.05) is 6.61 Å². The molecule has 4 heteroatoms. The first-order chi connectivity index (χ1) is 9.51. The standard InChI is InChI=1S/C16H23NO3/c1-10(2)14(9-18)17-16(19)7-5-12-4-6-15(20-12)13-8-11(13)3/h4-7,10-11,13-14,18H,8-9H2,1-3H3,(H,17,19)/t11?,13?,14-/m1/s1. The summed E-state index contributed by atoms with van der Waals surface area (Å²) in [6.07, 6.45) is 4.30. The molecule has 4 nitrogen and oxygen atoms in total.